The molecule has 0 unspecified atom stereocenters. The zero-order chi connectivity index (χ0) is 27.1. The number of benzene rings is 1. The average molecular weight is 522 g/mol. The standard InChI is InChI=1S/C26H24FN5O6/c27-18-12-16(2-4-20(18)33)29-21(34)13-30-8-6-17(7-9-30)31-10-5-15(24(31)35)11-14-1-3-19-22(28)25(36)32(19)23(14)26(37)38/h2,4,6-9,11-12,19,22H,1,3,5,10,13,28H2,(H2-,29,33,34,37,38)/t19-,22+/m1/s1. The summed E-state index contributed by atoms with van der Waals surface area (Å²) in [5, 5.41) is 23.6. The number of aromatic nitrogens is 1. The number of halogens is 1. The molecule has 196 valence electrons. The number of anilines is 2. The number of nitrogens with two attached hydrogens (primary N) is 1. The van der Waals surface area contributed by atoms with Crippen LogP contribution in [0.25, 0.3) is 0 Å². The number of amides is 3. The summed E-state index contributed by atoms with van der Waals surface area (Å²) in [6, 6.07) is 5.79. The molecule has 0 radical (unpaired) electrons. The second kappa shape index (κ2) is 9.71. The molecule has 2 fully saturated rings. The van der Waals surface area contributed by atoms with Gasteiger partial charge in [0.1, 0.15) is 6.04 Å². The first kappa shape index (κ1) is 25.1. The predicted molar refractivity (Wildman–Crippen MR) is 128 cm³/mol. The van der Waals surface area contributed by atoms with Crippen molar-refractivity contribution in [2.24, 2.45) is 5.73 Å². The van der Waals surface area contributed by atoms with Crippen molar-refractivity contribution in [1.29, 1.82) is 0 Å². The summed E-state index contributed by atoms with van der Waals surface area (Å²) in [4.78, 5) is 52.0. The molecule has 3 amide bonds. The molecule has 2 atom stereocenters. The molecule has 1 aromatic carbocycles. The van der Waals surface area contributed by atoms with Crippen LogP contribution in [0.4, 0.5) is 15.8 Å². The Kier molecular flexibility index (Phi) is 6.41. The van der Waals surface area contributed by atoms with Crippen LogP contribution in [0.15, 0.2) is 65.6 Å². The molecule has 2 saturated heterocycles. The summed E-state index contributed by atoms with van der Waals surface area (Å²) in [5.41, 5.74) is 7.16. The number of aromatic hydroxyl groups is 1. The minimum atomic E-state index is -1.48. The lowest BCUT2D eigenvalue weighted by molar-refractivity contribution is -0.684. The van der Waals surface area contributed by atoms with E-state index in [4.69, 9.17) is 5.73 Å². The van der Waals surface area contributed by atoms with Crippen LogP contribution in [-0.2, 0) is 25.7 Å². The quantitative estimate of drug-likeness (QED) is 0.199. The van der Waals surface area contributed by atoms with Gasteiger partial charge in [-0.15, -0.1) is 0 Å². The van der Waals surface area contributed by atoms with E-state index in [-0.39, 0.29) is 29.9 Å². The average Bonchev–Trinajstić information content (AvgIpc) is 3.25. The predicted octanol–water partition coefficient (Wildman–Crippen LogP) is -0.543. The van der Waals surface area contributed by atoms with E-state index in [2.05, 4.69) is 5.32 Å². The number of nitrogens with zero attached hydrogens (tertiary/aromatic N) is 3. The van der Waals surface area contributed by atoms with Crippen LogP contribution in [0.3, 0.4) is 0 Å². The largest absolute Gasteiger partial charge is 0.543 e. The van der Waals surface area contributed by atoms with E-state index in [1.807, 2.05) is 0 Å². The Hall–Kier alpha value is -4.58. The second-order valence-corrected chi connectivity index (χ2v) is 9.32. The lowest BCUT2D eigenvalue weighted by atomic mass is 9.83. The summed E-state index contributed by atoms with van der Waals surface area (Å²) in [5.74, 6) is -4.00. The van der Waals surface area contributed by atoms with Gasteiger partial charge < -0.3 is 35.9 Å². The molecular formula is C26H24FN5O6. The van der Waals surface area contributed by atoms with Crippen molar-refractivity contribution in [3.8, 4) is 5.75 Å². The Morgan fingerprint density at radius 1 is 1.21 bits per heavy atom. The number of β-lactam (4-membered cyclic amide) rings is 1. The topological polar surface area (TPSA) is 160 Å². The number of pyridine rings is 1. The maximum Gasteiger partial charge on any atom is 0.290 e. The third-order valence-corrected chi connectivity index (χ3v) is 6.93. The summed E-state index contributed by atoms with van der Waals surface area (Å²) in [6.45, 7) is 0.313. The van der Waals surface area contributed by atoms with Crippen LogP contribution in [0.2, 0.25) is 0 Å². The molecule has 4 N–H and O–H groups in total. The SMILES string of the molecule is N[C@@H]1C(=O)N2C(C(=O)[O-])=C(C=C3CCN(c4cc[n+](CC(=O)Nc5ccc(O)c(F)c5)cc4)C3=O)CC[C@H]12. The zero-order valence-electron chi connectivity index (χ0n) is 20.1. The van der Waals surface area contributed by atoms with Crippen molar-refractivity contribution in [1.82, 2.24) is 4.90 Å². The Balaban J connectivity index is 1.26. The molecule has 12 heteroatoms. The maximum absolute atomic E-state index is 13.5. The molecule has 0 saturated carbocycles. The van der Waals surface area contributed by atoms with Crippen molar-refractivity contribution in [3.63, 3.8) is 0 Å². The Labute approximate surface area is 216 Å². The number of carbonyl (C=O) groups excluding carboxylic acids is 4. The number of hydrogen-bond donors (Lipinski definition) is 3. The number of allylic oxidation sites excluding steroid dienone is 2. The van der Waals surface area contributed by atoms with Crippen molar-refractivity contribution in [2.75, 3.05) is 16.8 Å². The van der Waals surface area contributed by atoms with Crippen molar-refractivity contribution >= 4 is 35.1 Å². The number of carboxylic acid groups (broad SMARTS) is 1. The lowest BCUT2D eigenvalue weighted by Crippen LogP contribution is -2.70. The first-order valence-corrected chi connectivity index (χ1v) is 12.0. The van der Waals surface area contributed by atoms with Crippen LogP contribution in [0.5, 0.6) is 5.75 Å². The number of carbonyl (C=O) groups is 4. The van der Waals surface area contributed by atoms with Gasteiger partial charge in [0, 0.05) is 36.0 Å². The molecule has 5 rings (SSSR count). The summed E-state index contributed by atoms with van der Waals surface area (Å²) in [7, 11) is 0. The Bertz CT molecular complexity index is 1420. The van der Waals surface area contributed by atoms with E-state index in [0.717, 1.165) is 17.0 Å². The fourth-order valence-electron chi connectivity index (χ4n) is 4.99. The van der Waals surface area contributed by atoms with Crippen molar-refractivity contribution in [3.05, 3.63) is 71.5 Å². The highest BCUT2D eigenvalue weighted by Gasteiger charge is 2.49. The number of carboxylic acids is 1. The summed E-state index contributed by atoms with van der Waals surface area (Å²) in [6.07, 6.45) is 6.05. The molecule has 0 bridgehead atoms. The number of nitrogens with one attached hydrogen (secondary N) is 1. The van der Waals surface area contributed by atoms with Gasteiger partial charge in [-0.2, -0.15) is 4.57 Å². The smallest absolute Gasteiger partial charge is 0.290 e. The third-order valence-electron chi connectivity index (χ3n) is 6.93. The van der Waals surface area contributed by atoms with E-state index in [0.29, 0.717) is 42.6 Å². The molecule has 3 aliphatic rings. The van der Waals surface area contributed by atoms with E-state index in [1.54, 1.807) is 40.1 Å². The highest BCUT2D eigenvalue weighted by atomic mass is 19.1. The molecule has 3 aliphatic heterocycles. The minimum absolute atomic E-state index is 0.0676. The van der Waals surface area contributed by atoms with E-state index in [1.165, 1.54) is 6.07 Å². The molecule has 0 aliphatic carbocycles. The van der Waals surface area contributed by atoms with Gasteiger partial charge in [0.25, 0.3) is 11.8 Å². The van der Waals surface area contributed by atoms with E-state index >= 15 is 0 Å². The summed E-state index contributed by atoms with van der Waals surface area (Å²) >= 11 is 0. The zero-order valence-corrected chi connectivity index (χ0v) is 20.1. The first-order valence-electron chi connectivity index (χ1n) is 12.0. The maximum atomic E-state index is 13.5. The number of aliphatic carboxylic acids is 1. The Morgan fingerprint density at radius 3 is 2.63 bits per heavy atom. The normalized spacial score (nSPS) is 22.0. The number of phenols is 1. The van der Waals surface area contributed by atoms with Crippen LogP contribution in [0.1, 0.15) is 19.3 Å². The lowest BCUT2D eigenvalue weighted by Gasteiger charge is -2.50. The van der Waals surface area contributed by atoms with Crippen LogP contribution < -0.4 is 25.6 Å². The van der Waals surface area contributed by atoms with Crippen LogP contribution in [-0.4, -0.2) is 52.3 Å². The van der Waals surface area contributed by atoms with Gasteiger partial charge in [-0.1, -0.05) is 0 Å². The third kappa shape index (κ3) is 4.50. The highest BCUT2D eigenvalue weighted by Crippen LogP contribution is 2.37. The van der Waals surface area contributed by atoms with Gasteiger partial charge in [-0.3, -0.25) is 14.4 Å². The second-order valence-electron chi connectivity index (χ2n) is 9.32. The molecule has 11 nitrogen and oxygen atoms in total. The number of fused-ring (bicyclic) bond motifs is 1. The molecule has 0 spiro atoms. The number of hydrogen-bond acceptors (Lipinski definition) is 7. The minimum Gasteiger partial charge on any atom is -0.543 e. The van der Waals surface area contributed by atoms with Gasteiger partial charge in [0.2, 0.25) is 12.5 Å². The van der Waals surface area contributed by atoms with Gasteiger partial charge in [0.05, 0.1) is 23.4 Å². The van der Waals surface area contributed by atoms with E-state index in [9.17, 15) is 33.8 Å². The van der Waals surface area contributed by atoms with Gasteiger partial charge in [-0.05, 0) is 43.0 Å². The van der Waals surface area contributed by atoms with Crippen molar-refractivity contribution in [2.45, 2.75) is 37.9 Å². The van der Waals surface area contributed by atoms with Crippen molar-refractivity contribution < 1.29 is 38.3 Å². The van der Waals surface area contributed by atoms with Gasteiger partial charge >= 0.3 is 0 Å². The molecule has 38 heavy (non-hydrogen) atoms. The van der Waals surface area contributed by atoms with Crippen LogP contribution >= 0.6 is 0 Å². The fraction of sp³-hybridized carbons (Fsp3) is 0.269. The molecule has 2 aromatic rings. The summed E-state index contributed by atoms with van der Waals surface area (Å²) < 4.78 is 15.0. The van der Waals surface area contributed by atoms with Gasteiger partial charge in [-0.25, -0.2) is 4.39 Å². The molecule has 1 aromatic heterocycles. The fourth-order valence-corrected chi connectivity index (χ4v) is 4.99. The highest BCUT2D eigenvalue weighted by molar-refractivity contribution is 6.08. The Morgan fingerprint density at radius 2 is 1.95 bits per heavy atom. The molecule has 4 heterocycles. The number of rotatable bonds is 6. The molecular weight excluding hydrogens is 497 g/mol. The van der Waals surface area contributed by atoms with Crippen LogP contribution in [0, 0.1) is 5.82 Å². The van der Waals surface area contributed by atoms with Gasteiger partial charge in [0.15, 0.2) is 24.0 Å². The first-order chi connectivity index (χ1) is 18.1. The monoisotopic (exact) mass is 521 g/mol. The van der Waals surface area contributed by atoms with E-state index < -0.39 is 35.4 Å². The number of phenolic OH excluding ortho intramolecular Hbond substituents is 1.